The van der Waals surface area contributed by atoms with Crippen LogP contribution in [-0.4, -0.2) is 41.5 Å². The minimum atomic E-state index is -0.743. The predicted molar refractivity (Wildman–Crippen MR) is 105 cm³/mol. The van der Waals surface area contributed by atoms with Crippen LogP contribution in [0.2, 0.25) is 0 Å². The Morgan fingerprint density at radius 2 is 1.93 bits per heavy atom. The SMILES string of the molecule is Cc1cc(C(O)C(C)NCCn2cnc3c2c(=O)n(C)c(=O)n3C)ccc1O. The number of benzene rings is 1. The molecule has 0 aliphatic carbocycles. The van der Waals surface area contributed by atoms with Gasteiger partial charge in [0, 0.05) is 33.2 Å². The second-order valence-corrected chi connectivity index (χ2v) is 7.05. The van der Waals surface area contributed by atoms with Crippen molar-refractivity contribution in [1.29, 1.82) is 0 Å². The first-order valence-corrected chi connectivity index (χ1v) is 9.04. The van der Waals surface area contributed by atoms with E-state index >= 15 is 0 Å². The third-order valence-electron chi connectivity index (χ3n) is 5.07. The fourth-order valence-corrected chi connectivity index (χ4v) is 3.24. The van der Waals surface area contributed by atoms with Crippen LogP contribution in [-0.2, 0) is 20.6 Å². The number of nitrogens with one attached hydrogen (secondary N) is 1. The molecule has 150 valence electrons. The Balaban J connectivity index is 1.72. The molecule has 0 saturated heterocycles. The second-order valence-electron chi connectivity index (χ2n) is 7.05. The molecule has 0 spiro atoms. The number of aryl methyl sites for hydroxylation is 2. The van der Waals surface area contributed by atoms with Crippen LogP contribution in [0.3, 0.4) is 0 Å². The van der Waals surface area contributed by atoms with Crippen LogP contribution >= 0.6 is 0 Å². The number of imidazole rings is 1. The Kier molecular flexibility index (Phi) is 5.39. The van der Waals surface area contributed by atoms with E-state index in [1.54, 1.807) is 36.7 Å². The fourth-order valence-electron chi connectivity index (χ4n) is 3.24. The van der Waals surface area contributed by atoms with Gasteiger partial charge in [-0.2, -0.15) is 0 Å². The summed E-state index contributed by atoms with van der Waals surface area (Å²) in [5.74, 6) is 0.194. The van der Waals surface area contributed by atoms with Crippen molar-refractivity contribution in [3.05, 3.63) is 56.5 Å². The molecule has 2 aromatic heterocycles. The number of phenolic OH excluding ortho intramolecular Hbond substituents is 1. The van der Waals surface area contributed by atoms with E-state index in [0.29, 0.717) is 35.4 Å². The van der Waals surface area contributed by atoms with Crippen molar-refractivity contribution in [1.82, 2.24) is 24.0 Å². The highest BCUT2D eigenvalue weighted by molar-refractivity contribution is 5.69. The zero-order valence-corrected chi connectivity index (χ0v) is 16.4. The van der Waals surface area contributed by atoms with Crippen LogP contribution in [0.4, 0.5) is 0 Å². The Labute approximate surface area is 161 Å². The first-order chi connectivity index (χ1) is 13.2. The van der Waals surface area contributed by atoms with E-state index in [0.717, 1.165) is 4.57 Å². The maximum absolute atomic E-state index is 12.4. The predicted octanol–water partition coefficient (Wildman–Crippen LogP) is 0.159. The summed E-state index contributed by atoms with van der Waals surface area (Å²) in [4.78, 5) is 28.6. The molecule has 0 radical (unpaired) electrons. The number of rotatable bonds is 6. The molecular weight excluding hydrogens is 362 g/mol. The van der Waals surface area contributed by atoms with Crippen LogP contribution in [0.15, 0.2) is 34.1 Å². The molecule has 2 unspecified atom stereocenters. The number of hydrogen-bond acceptors (Lipinski definition) is 6. The zero-order valence-electron chi connectivity index (χ0n) is 16.4. The highest BCUT2D eigenvalue weighted by Gasteiger charge is 2.18. The average Bonchev–Trinajstić information content (AvgIpc) is 3.10. The Morgan fingerprint density at radius 1 is 1.21 bits per heavy atom. The molecule has 9 heteroatoms. The van der Waals surface area contributed by atoms with Crippen LogP contribution in [0, 0.1) is 6.92 Å². The van der Waals surface area contributed by atoms with Gasteiger partial charge in [-0.25, -0.2) is 9.78 Å². The summed E-state index contributed by atoms with van der Waals surface area (Å²) in [5, 5.41) is 23.4. The summed E-state index contributed by atoms with van der Waals surface area (Å²) in [6.45, 7) is 4.59. The normalized spacial score (nSPS) is 13.8. The zero-order chi connectivity index (χ0) is 20.6. The monoisotopic (exact) mass is 387 g/mol. The molecule has 0 saturated carbocycles. The quantitative estimate of drug-likeness (QED) is 0.555. The first-order valence-electron chi connectivity index (χ1n) is 9.04. The van der Waals surface area contributed by atoms with E-state index < -0.39 is 11.8 Å². The molecular formula is C19H25N5O4. The highest BCUT2D eigenvalue weighted by Crippen LogP contribution is 2.23. The highest BCUT2D eigenvalue weighted by atomic mass is 16.3. The van der Waals surface area contributed by atoms with Gasteiger partial charge in [0.05, 0.1) is 12.4 Å². The molecule has 0 aliphatic rings. The van der Waals surface area contributed by atoms with Gasteiger partial charge in [0.2, 0.25) is 0 Å². The largest absolute Gasteiger partial charge is 0.508 e. The van der Waals surface area contributed by atoms with Gasteiger partial charge in [0.15, 0.2) is 11.2 Å². The summed E-state index contributed by atoms with van der Waals surface area (Å²) < 4.78 is 4.11. The number of aliphatic hydroxyl groups is 1. The van der Waals surface area contributed by atoms with Crippen molar-refractivity contribution in [2.24, 2.45) is 14.1 Å². The number of hydrogen-bond donors (Lipinski definition) is 3. The number of nitrogens with zero attached hydrogens (tertiary/aromatic N) is 4. The average molecular weight is 387 g/mol. The molecule has 0 fully saturated rings. The first kappa shape index (κ1) is 19.8. The molecule has 2 heterocycles. The van der Waals surface area contributed by atoms with Gasteiger partial charge in [-0.05, 0) is 37.1 Å². The Morgan fingerprint density at radius 3 is 2.61 bits per heavy atom. The molecule has 2 atom stereocenters. The minimum absolute atomic E-state index is 0.194. The third kappa shape index (κ3) is 3.46. The number of aromatic hydroxyl groups is 1. The van der Waals surface area contributed by atoms with Crippen molar-refractivity contribution >= 4 is 11.2 Å². The summed E-state index contributed by atoms with van der Waals surface area (Å²) in [6, 6.07) is 4.77. The lowest BCUT2D eigenvalue weighted by Crippen LogP contribution is -2.38. The van der Waals surface area contributed by atoms with Crippen molar-refractivity contribution in [3.8, 4) is 5.75 Å². The number of aliphatic hydroxyl groups excluding tert-OH is 1. The molecule has 0 amide bonds. The van der Waals surface area contributed by atoms with Crippen LogP contribution < -0.4 is 16.6 Å². The van der Waals surface area contributed by atoms with E-state index in [-0.39, 0.29) is 17.4 Å². The molecule has 3 aromatic rings. The van der Waals surface area contributed by atoms with Crippen LogP contribution in [0.25, 0.3) is 11.2 Å². The van der Waals surface area contributed by atoms with Crippen LogP contribution in [0.1, 0.15) is 24.2 Å². The summed E-state index contributed by atoms with van der Waals surface area (Å²) in [5.41, 5.74) is 1.34. The molecule has 0 bridgehead atoms. The Bertz CT molecular complexity index is 1130. The standard InChI is InChI=1S/C19H25N5O4/c1-11-9-13(5-6-14(11)25)16(26)12(2)20-7-8-24-10-21-17-15(24)18(27)23(4)19(28)22(17)3/h5-6,9-10,12,16,20,25-26H,7-8H2,1-4H3. The minimum Gasteiger partial charge on any atom is -0.508 e. The molecule has 0 aliphatic heterocycles. The molecule has 28 heavy (non-hydrogen) atoms. The molecule has 3 rings (SSSR count). The number of phenols is 1. The van der Waals surface area contributed by atoms with Gasteiger partial charge in [-0.1, -0.05) is 6.07 Å². The van der Waals surface area contributed by atoms with Gasteiger partial charge in [-0.3, -0.25) is 13.9 Å². The maximum Gasteiger partial charge on any atom is 0.332 e. The van der Waals surface area contributed by atoms with Gasteiger partial charge in [-0.15, -0.1) is 0 Å². The number of aromatic nitrogens is 4. The van der Waals surface area contributed by atoms with E-state index in [1.807, 2.05) is 6.92 Å². The number of fused-ring (bicyclic) bond motifs is 1. The molecule has 9 nitrogen and oxygen atoms in total. The van der Waals surface area contributed by atoms with Gasteiger partial charge in [0.25, 0.3) is 5.56 Å². The van der Waals surface area contributed by atoms with Gasteiger partial charge in [0.1, 0.15) is 5.75 Å². The van der Waals surface area contributed by atoms with E-state index in [9.17, 15) is 19.8 Å². The van der Waals surface area contributed by atoms with E-state index in [4.69, 9.17) is 0 Å². The topological polar surface area (TPSA) is 114 Å². The molecule has 1 aromatic carbocycles. The Hall–Kier alpha value is -2.91. The van der Waals surface area contributed by atoms with Crippen LogP contribution in [0.5, 0.6) is 5.75 Å². The van der Waals surface area contributed by atoms with Crippen molar-refractivity contribution in [2.45, 2.75) is 32.5 Å². The summed E-state index contributed by atoms with van der Waals surface area (Å²) >= 11 is 0. The van der Waals surface area contributed by atoms with Crippen molar-refractivity contribution in [2.75, 3.05) is 6.54 Å². The second kappa shape index (κ2) is 7.61. The molecule has 3 N–H and O–H groups in total. The smallest absolute Gasteiger partial charge is 0.332 e. The summed E-state index contributed by atoms with van der Waals surface area (Å²) in [6.07, 6.45) is 0.796. The summed E-state index contributed by atoms with van der Waals surface area (Å²) in [7, 11) is 3.02. The lowest BCUT2D eigenvalue weighted by atomic mass is 10.0. The van der Waals surface area contributed by atoms with E-state index in [2.05, 4.69) is 10.3 Å². The third-order valence-corrected chi connectivity index (χ3v) is 5.07. The fraction of sp³-hybridized carbons (Fsp3) is 0.421. The lowest BCUT2D eigenvalue weighted by molar-refractivity contribution is 0.135. The maximum atomic E-state index is 12.4. The van der Waals surface area contributed by atoms with Crippen molar-refractivity contribution < 1.29 is 10.2 Å². The lowest BCUT2D eigenvalue weighted by Gasteiger charge is -2.21. The van der Waals surface area contributed by atoms with E-state index in [1.165, 1.54) is 17.9 Å². The van der Waals surface area contributed by atoms with Crippen molar-refractivity contribution in [3.63, 3.8) is 0 Å². The van der Waals surface area contributed by atoms with Gasteiger partial charge < -0.3 is 20.1 Å². The van der Waals surface area contributed by atoms with Gasteiger partial charge >= 0.3 is 5.69 Å².